The van der Waals surface area contributed by atoms with E-state index in [4.69, 9.17) is 4.74 Å². The summed E-state index contributed by atoms with van der Waals surface area (Å²) in [4.78, 5) is 35.0. The van der Waals surface area contributed by atoms with Crippen LogP contribution < -0.4 is 5.32 Å². The summed E-state index contributed by atoms with van der Waals surface area (Å²) in [6.07, 6.45) is -1.08. The monoisotopic (exact) mass is 360 g/mol. The summed E-state index contributed by atoms with van der Waals surface area (Å²) >= 11 is 0. The Morgan fingerprint density at radius 2 is 1.96 bits per heavy atom. The molecule has 0 aliphatic rings. The third-order valence-electron chi connectivity index (χ3n) is 4.13. The Morgan fingerprint density at radius 3 is 2.50 bits per heavy atom. The van der Waals surface area contributed by atoms with Gasteiger partial charge in [0.05, 0.1) is 27.6 Å². The molecule has 0 radical (unpaired) electrons. The van der Waals surface area contributed by atoms with Crippen LogP contribution in [-0.2, 0) is 16.6 Å². The number of nitro groups is 1. The van der Waals surface area contributed by atoms with E-state index in [1.807, 2.05) is 0 Å². The average Bonchev–Trinajstić information content (AvgIpc) is 2.80. The predicted octanol–water partition coefficient (Wildman–Crippen LogP) is 2.44. The van der Waals surface area contributed by atoms with Gasteiger partial charge in [0.15, 0.2) is 6.10 Å². The van der Waals surface area contributed by atoms with E-state index in [0.717, 1.165) is 5.69 Å². The molecule has 0 saturated heterocycles. The molecule has 1 atom stereocenters. The van der Waals surface area contributed by atoms with Crippen LogP contribution in [0.3, 0.4) is 0 Å². The first-order valence-electron chi connectivity index (χ1n) is 7.89. The topological polar surface area (TPSA) is 116 Å². The van der Waals surface area contributed by atoms with Gasteiger partial charge in [0, 0.05) is 18.7 Å². The van der Waals surface area contributed by atoms with E-state index in [-0.39, 0.29) is 16.8 Å². The number of nitro benzene ring substituents is 1. The van der Waals surface area contributed by atoms with Crippen LogP contribution in [0, 0.1) is 30.9 Å². The van der Waals surface area contributed by atoms with E-state index in [1.54, 1.807) is 25.6 Å². The lowest BCUT2D eigenvalue weighted by molar-refractivity contribution is -0.385. The quantitative estimate of drug-likeness (QED) is 0.497. The molecule has 1 aromatic carbocycles. The number of aryl methyl sites for hydroxylation is 2. The van der Waals surface area contributed by atoms with Crippen LogP contribution >= 0.6 is 0 Å². The lowest BCUT2D eigenvalue weighted by atomic mass is 10.1. The molecule has 1 heterocycles. The zero-order valence-electron chi connectivity index (χ0n) is 15.2. The third kappa shape index (κ3) is 3.71. The fraction of sp³-hybridized carbons (Fsp3) is 0.353. The number of hydrogen-bond donors (Lipinski definition) is 1. The molecule has 0 aliphatic heterocycles. The van der Waals surface area contributed by atoms with Crippen molar-refractivity contribution in [3.63, 3.8) is 0 Å². The Kier molecular flexibility index (Phi) is 5.39. The van der Waals surface area contributed by atoms with Crippen LogP contribution in [0.15, 0.2) is 18.2 Å². The Morgan fingerprint density at radius 1 is 1.31 bits per heavy atom. The SMILES string of the molecule is Cc1nn(C)c(C)c1NC(=O)[C@H](C)OC(=O)c1cccc([N+](=O)[O-])c1C. The molecule has 0 bridgehead atoms. The molecule has 9 heteroatoms. The van der Waals surface area contributed by atoms with Crippen molar-refractivity contribution < 1.29 is 19.2 Å². The van der Waals surface area contributed by atoms with Gasteiger partial charge in [-0.25, -0.2) is 4.79 Å². The van der Waals surface area contributed by atoms with Gasteiger partial charge in [-0.15, -0.1) is 0 Å². The molecule has 1 N–H and O–H groups in total. The van der Waals surface area contributed by atoms with Gasteiger partial charge < -0.3 is 10.1 Å². The van der Waals surface area contributed by atoms with Crippen LogP contribution in [0.2, 0.25) is 0 Å². The molecule has 2 rings (SSSR count). The second-order valence-corrected chi connectivity index (χ2v) is 5.91. The van der Waals surface area contributed by atoms with Crippen LogP contribution in [0.1, 0.15) is 34.2 Å². The first kappa shape index (κ1) is 19.1. The lowest BCUT2D eigenvalue weighted by Gasteiger charge is -2.14. The van der Waals surface area contributed by atoms with Gasteiger partial charge in [-0.1, -0.05) is 6.07 Å². The Balaban J connectivity index is 2.13. The molecule has 1 amide bonds. The summed E-state index contributed by atoms with van der Waals surface area (Å²) in [5.41, 5.74) is 2.03. The molecule has 0 fully saturated rings. The van der Waals surface area contributed by atoms with Crippen LogP contribution in [0.25, 0.3) is 0 Å². The van der Waals surface area contributed by atoms with Crippen molar-refractivity contribution >= 4 is 23.3 Å². The number of amides is 1. The summed E-state index contributed by atoms with van der Waals surface area (Å²) in [6.45, 7) is 6.45. The minimum Gasteiger partial charge on any atom is -0.449 e. The number of aromatic nitrogens is 2. The fourth-order valence-electron chi connectivity index (χ4n) is 2.50. The van der Waals surface area contributed by atoms with E-state index < -0.39 is 22.9 Å². The fourth-order valence-corrected chi connectivity index (χ4v) is 2.50. The summed E-state index contributed by atoms with van der Waals surface area (Å²) in [5, 5.41) is 17.9. The third-order valence-corrected chi connectivity index (χ3v) is 4.13. The van der Waals surface area contributed by atoms with Gasteiger partial charge in [-0.05, 0) is 33.8 Å². The van der Waals surface area contributed by atoms with Crippen molar-refractivity contribution in [2.24, 2.45) is 7.05 Å². The molecule has 0 saturated carbocycles. The van der Waals surface area contributed by atoms with Gasteiger partial charge in [0.2, 0.25) is 0 Å². The normalized spacial score (nSPS) is 11.7. The number of nitrogens with one attached hydrogen (secondary N) is 1. The van der Waals surface area contributed by atoms with Crippen molar-refractivity contribution in [2.75, 3.05) is 5.32 Å². The number of rotatable bonds is 5. The molecule has 2 aromatic rings. The largest absolute Gasteiger partial charge is 0.449 e. The molecule has 9 nitrogen and oxygen atoms in total. The Hall–Kier alpha value is -3.23. The molecular formula is C17H20N4O5. The highest BCUT2D eigenvalue weighted by atomic mass is 16.6. The van der Waals surface area contributed by atoms with Gasteiger partial charge >= 0.3 is 5.97 Å². The second-order valence-electron chi connectivity index (χ2n) is 5.91. The van der Waals surface area contributed by atoms with Gasteiger partial charge in [0.1, 0.15) is 0 Å². The smallest absolute Gasteiger partial charge is 0.339 e. The maximum absolute atomic E-state index is 12.3. The van der Waals surface area contributed by atoms with Gasteiger partial charge in [0.25, 0.3) is 11.6 Å². The number of hydrogen-bond acceptors (Lipinski definition) is 6. The number of carbonyl (C=O) groups excluding carboxylic acids is 2. The Labute approximate surface area is 150 Å². The molecule has 0 unspecified atom stereocenters. The van der Waals surface area contributed by atoms with Gasteiger partial charge in [-0.2, -0.15) is 5.10 Å². The molecular weight excluding hydrogens is 340 g/mol. The number of esters is 1. The number of anilines is 1. The van der Waals surface area contributed by atoms with E-state index in [9.17, 15) is 19.7 Å². The summed E-state index contributed by atoms with van der Waals surface area (Å²) in [5.74, 6) is -1.31. The minimum absolute atomic E-state index is 0.0487. The molecule has 1 aromatic heterocycles. The molecule has 0 aliphatic carbocycles. The summed E-state index contributed by atoms with van der Waals surface area (Å²) in [6, 6.07) is 4.12. The molecule has 138 valence electrons. The number of carbonyl (C=O) groups is 2. The summed E-state index contributed by atoms with van der Waals surface area (Å²) < 4.78 is 6.80. The highest BCUT2D eigenvalue weighted by Crippen LogP contribution is 2.23. The lowest BCUT2D eigenvalue weighted by Crippen LogP contribution is -2.30. The van der Waals surface area contributed by atoms with Crippen molar-refractivity contribution in [2.45, 2.75) is 33.8 Å². The van der Waals surface area contributed by atoms with E-state index in [1.165, 1.54) is 32.0 Å². The van der Waals surface area contributed by atoms with Crippen LogP contribution in [0.5, 0.6) is 0 Å². The van der Waals surface area contributed by atoms with Crippen LogP contribution in [0.4, 0.5) is 11.4 Å². The van der Waals surface area contributed by atoms with Gasteiger partial charge in [-0.3, -0.25) is 19.6 Å². The first-order chi connectivity index (χ1) is 12.1. The highest BCUT2D eigenvalue weighted by Gasteiger charge is 2.24. The van der Waals surface area contributed by atoms with Crippen molar-refractivity contribution in [1.29, 1.82) is 0 Å². The predicted molar refractivity (Wildman–Crippen MR) is 94.0 cm³/mol. The first-order valence-corrected chi connectivity index (χ1v) is 7.89. The Bertz CT molecular complexity index is 888. The second kappa shape index (κ2) is 7.34. The molecule has 26 heavy (non-hydrogen) atoms. The van der Waals surface area contributed by atoms with E-state index in [0.29, 0.717) is 11.4 Å². The number of ether oxygens (including phenoxy) is 1. The summed E-state index contributed by atoms with van der Waals surface area (Å²) in [7, 11) is 1.76. The number of nitrogens with zero attached hydrogens (tertiary/aromatic N) is 3. The van der Waals surface area contributed by atoms with Crippen LogP contribution in [-0.4, -0.2) is 32.7 Å². The molecule has 0 spiro atoms. The van der Waals surface area contributed by atoms with E-state index in [2.05, 4.69) is 10.4 Å². The maximum atomic E-state index is 12.3. The van der Waals surface area contributed by atoms with Crippen molar-refractivity contribution in [1.82, 2.24) is 9.78 Å². The minimum atomic E-state index is -1.08. The van der Waals surface area contributed by atoms with Crippen molar-refractivity contribution in [3.05, 3.63) is 50.8 Å². The maximum Gasteiger partial charge on any atom is 0.339 e. The highest BCUT2D eigenvalue weighted by molar-refractivity contribution is 5.98. The zero-order valence-corrected chi connectivity index (χ0v) is 15.2. The standard InChI is InChI=1S/C17H20N4O5/c1-9-13(7-6-8-14(9)21(24)25)17(23)26-12(4)16(22)18-15-10(2)19-20(5)11(15)3/h6-8,12H,1-5H3,(H,18,22)/t12-/m0/s1. The zero-order chi connectivity index (χ0) is 19.6. The van der Waals surface area contributed by atoms with E-state index >= 15 is 0 Å². The average molecular weight is 360 g/mol. The van der Waals surface area contributed by atoms with Crippen molar-refractivity contribution in [3.8, 4) is 0 Å². The number of benzene rings is 1.